The first-order valence-electron chi connectivity index (χ1n) is 5.85. The van der Waals surface area contributed by atoms with E-state index in [1.807, 2.05) is 25.5 Å². The molecule has 0 atom stereocenters. The number of nitrogens with one attached hydrogen (secondary N) is 1. The summed E-state index contributed by atoms with van der Waals surface area (Å²) in [4.78, 5) is 0. The van der Waals surface area contributed by atoms with Gasteiger partial charge in [-0.05, 0) is 25.2 Å². The summed E-state index contributed by atoms with van der Waals surface area (Å²) in [6, 6.07) is 3.94. The molecule has 0 unspecified atom stereocenters. The van der Waals surface area contributed by atoms with Gasteiger partial charge in [0.05, 0.1) is 6.21 Å². The molecule has 2 heterocycles. The van der Waals surface area contributed by atoms with Crippen LogP contribution >= 0.6 is 12.2 Å². The van der Waals surface area contributed by atoms with E-state index in [4.69, 9.17) is 17.5 Å². The second-order valence-corrected chi connectivity index (χ2v) is 4.48. The summed E-state index contributed by atoms with van der Waals surface area (Å²) < 4.78 is 3.88. The van der Waals surface area contributed by atoms with Crippen molar-refractivity contribution in [3.8, 4) is 6.07 Å². The zero-order chi connectivity index (χ0) is 14.0. The number of hydrogen-bond acceptors (Lipinski definition) is 4. The maximum absolute atomic E-state index is 8.98. The second kappa shape index (κ2) is 5.20. The molecule has 0 amide bonds. The van der Waals surface area contributed by atoms with Gasteiger partial charge >= 0.3 is 0 Å². The quantitative estimate of drug-likeness (QED) is 0.686. The van der Waals surface area contributed by atoms with Crippen LogP contribution in [0.3, 0.4) is 0 Å². The monoisotopic (exact) mass is 274 g/mol. The Morgan fingerprint density at radius 2 is 2.37 bits per heavy atom. The number of aryl methyl sites for hydroxylation is 1. The first kappa shape index (κ1) is 13.2. The van der Waals surface area contributed by atoms with Crippen molar-refractivity contribution in [1.82, 2.24) is 19.4 Å². The molecule has 2 rings (SSSR count). The molecule has 0 aliphatic rings. The van der Waals surface area contributed by atoms with Crippen LogP contribution in [-0.4, -0.2) is 25.7 Å². The molecule has 0 saturated carbocycles. The number of H-pyrrole nitrogens is 1. The molecule has 0 aromatic carbocycles. The summed E-state index contributed by atoms with van der Waals surface area (Å²) >= 11 is 5.11. The third-order valence-electron chi connectivity index (χ3n) is 3.03. The molecular formula is C12H14N6S. The van der Waals surface area contributed by atoms with Crippen molar-refractivity contribution < 1.29 is 0 Å². The fourth-order valence-corrected chi connectivity index (χ4v) is 1.95. The minimum absolute atomic E-state index is 0.460. The number of nitriles is 1. The molecule has 0 aliphatic heterocycles. The third-order valence-corrected chi connectivity index (χ3v) is 3.30. The van der Waals surface area contributed by atoms with Gasteiger partial charge in [0.1, 0.15) is 11.8 Å². The van der Waals surface area contributed by atoms with Crippen LogP contribution in [0.25, 0.3) is 0 Å². The lowest BCUT2D eigenvalue weighted by atomic mass is 10.3. The SMILES string of the molecule is CCc1n[nH]c(=S)n1/N=C\c1cc(C#N)n(C)c1C. The lowest BCUT2D eigenvalue weighted by molar-refractivity contribution is 0.780. The summed E-state index contributed by atoms with van der Waals surface area (Å²) in [5, 5.41) is 20.1. The first-order valence-corrected chi connectivity index (χ1v) is 6.26. The van der Waals surface area contributed by atoms with Crippen molar-refractivity contribution in [2.45, 2.75) is 20.3 Å². The molecule has 98 valence electrons. The van der Waals surface area contributed by atoms with Crippen LogP contribution in [0.15, 0.2) is 11.2 Å². The van der Waals surface area contributed by atoms with E-state index in [1.165, 1.54) is 0 Å². The van der Waals surface area contributed by atoms with Crippen molar-refractivity contribution in [3.63, 3.8) is 0 Å². The molecule has 1 N–H and O–H groups in total. The number of rotatable bonds is 3. The summed E-state index contributed by atoms with van der Waals surface area (Å²) in [5.74, 6) is 0.773. The Balaban J connectivity index is 2.41. The molecule has 0 saturated heterocycles. The van der Waals surface area contributed by atoms with Crippen LogP contribution in [0.5, 0.6) is 0 Å². The van der Waals surface area contributed by atoms with Gasteiger partial charge in [-0.15, -0.1) is 0 Å². The molecule has 2 aromatic heterocycles. The van der Waals surface area contributed by atoms with Crippen molar-refractivity contribution in [2.24, 2.45) is 12.1 Å². The Kier molecular flexibility index (Phi) is 3.62. The van der Waals surface area contributed by atoms with Crippen LogP contribution in [-0.2, 0) is 13.5 Å². The molecule has 19 heavy (non-hydrogen) atoms. The fraction of sp³-hybridized carbons (Fsp3) is 0.333. The van der Waals surface area contributed by atoms with Gasteiger partial charge in [-0.3, -0.25) is 5.10 Å². The molecule has 0 aliphatic carbocycles. The average molecular weight is 274 g/mol. The van der Waals surface area contributed by atoms with Gasteiger partial charge < -0.3 is 4.57 Å². The van der Waals surface area contributed by atoms with Gasteiger partial charge in [-0.1, -0.05) is 6.92 Å². The highest BCUT2D eigenvalue weighted by molar-refractivity contribution is 7.71. The van der Waals surface area contributed by atoms with Gasteiger partial charge in [-0.2, -0.15) is 20.1 Å². The van der Waals surface area contributed by atoms with E-state index in [0.29, 0.717) is 10.5 Å². The summed E-state index contributed by atoms with van der Waals surface area (Å²) in [6.07, 6.45) is 2.43. The topological polar surface area (TPSA) is 74.7 Å². The van der Waals surface area contributed by atoms with Crippen molar-refractivity contribution in [1.29, 1.82) is 5.26 Å². The lowest BCUT2D eigenvalue weighted by Gasteiger charge is -1.98. The number of aromatic nitrogens is 4. The average Bonchev–Trinajstić information content (AvgIpc) is 2.90. The van der Waals surface area contributed by atoms with Gasteiger partial charge in [0, 0.05) is 24.7 Å². The van der Waals surface area contributed by atoms with E-state index in [9.17, 15) is 0 Å². The normalized spacial score (nSPS) is 11.1. The van der Waals surface area contributed by atoms with E-state index in [-0.39, 0.29) is 0 Å². The Morgan fingerprint density at radius 3 is 2.95 bits per heavy atom. The lowest BCUT2D eigenvalue weighted by Crippen LogP contribution is -1.98. The zero-order valence-corrected chi connectivity index (χ0v) is 11.8. The summed E-state index contributed by atoms with van der Waals surface area (Å²) in [7, 11) is 1.85. The molecular weight excluding hydrogens is 260 g/mol. The predicted octanol–water partition coefficient (Wildman–Crippen LogP) is 1.90. The van der Waals surface area contributed by atoms with Crippen molar-refractivity contribution >= 4 is 18.4 Å². The van der Waals surface area contributed by atoms with Crippen LogP contribution in [0.1, 0.15) is 29.7 Å². The molecule has 7 heteroatoms. The van der Waals surface area contributed by atoms with Gasteiger partial charge in [0.25, 0.3) is 0 Å². The number of nitrogens with zero attached hydrogens (tertiary/aromatic N) is 5. The maximum Gasteiger partial charge on any atom is 0.216 e. The third kappa shape index (κ3) is 2.35. The van der Waals surface area contributed by atoms with E-state index < -0.39 is 0 Å². The van der Waals surface area contributed by atoms with Crippen LogP contribution < -0.4 is 0 Å². The van der Waals surface area contributed by atoms with Gasteiger partial charge in [0.15, 0.2) is 5.82 Å². The second-order valence-electron chi connectivity index (χ2n) is 4.10. The van der Waals surface area contributed by atoms with Gasteiger partial charge in [-0.25, -0.2) is 0 Å². The van der Waals surface area contributed by atoms with Crippen LogP contribution in [0, 0.1) is 23.0 Å². The first-order chi connectivity index (χ1) is 9.08. The molecule has 0 fully saturated rings. The largest absolute Gasteiger partial charge is 0.339 e. The van der Waals surface area contributed by atoms with Crippen molar-refractivity contribution in [3.05, 3.63) is 33.6 Å². The Bertz CT molecular complexity index is 724. The highest BCUT2D eigenvalue weighted by atomic mass is 32.1. The van der Waals surface area contributed by atoms with E-state index in [0.717, 1.165) is 23.5 Å². The molecule has 0 bridgehead atoms. The minimum Gasteiger partial charge on any atom is -0.339 e. The molecule has 0 spiro atoms. The van der Waals surface area contributed by atoms with E-state index in [1.54, 1.807) is 17.0 Å². The smallest absolute Gasteiger partial charge is 0.216 e. The molecule has 2 aromatic rings. The standard InChI is InChI=1S/C12H14N6S/c1-4-11-15-16-12(19)18(11)14-7-9-5-10(6-13)17(3)8(9)2/h5,7H,4H2,1-3H3,(H,16,19)/b14-7-. The Hall–Kier alpha value is -2.20. The zero-order valence-electron chi connectivity index (χ0n) is 11.0. The minimum atomic E-state index is 0.460. The Morgan fingerprint density at radius 1 is 1.63 bits per heavy atom. The van der Waals surface area contributed by atoms with Gasteiger partial charge in [0.2, 0.25) is 4.77 Å². The van der Waals surface area contributed by atoms with E-state index >= 15 is 0 Å². The molecule has 6 nitrogen and oxygen atoms in total. The Labute approximate surface area is 116 Å². The molecule has 0 radical (unpaired) electrons. The number of aromatic amines is 1. The van der Waals surface area contributed by atoms with Crippen molar-refractivity contribution in [2.75, 3.05) is 0 Å². The van der Waals surface area contributed by atoms with E-state index in [2.05, 4.69) is 21.4 Å². The van der Waals surface area contributed by atoms with Crippen LogP contribution in [0.2, 0.25) is 0 Å². The highest BCUT2D eigenvalue weighted by Crippen LogP contribution is 2.11. The predicted molar refractivity (Wildman–Crippen MR) is 74.6 cm³/mol. The maximum atomic E-state index is 8.98. The summed E-state index contributed by atoms with van der Waals surface area (Å²) in [6.45, 7) is 3.93. The van der Waals surface area contributed by atoms with Crippen LogP contribution in [0.4, 0.5) is 0 Å². The fourth-order valence-electron chi connectivity index (χ4n) is 1.75. The summed E-state index contributed by atoms with van der Waals surface area (Å²) in [5.41, 5.74) is 2.48. The highest BCUT2D eigenvalue weighted by Gasteiger charge is 2.07. The number of hydrogen-bond donors (Lipinski definition) is 1.